The Hall–Kier alpha value is -6.15. The summed E-state index contributed by atoms with van der Waals surface area (Å²) in [4.78, 5) is 13.8. The fraction of sp³-hybridized carbons (Fsp3) is 0.239. The van der Waals surface area contributed by atoms with Gasteiger partial charge in [-0.1, -0.05) is 72.8 Å². The van der Waals surface area contributed by atoms with E-state index in [0.29, 0.717) is 48.4 Å². The van der Waals surface area contributed by atoms with Crippen molar-refractivity contribution in [2.24, 2.45) is 0 Å². The van der Waals surface area contributed by atoms with Crippen molar-refractivity contribution in [3.63, 3.8) is 0 Å². The Morgan fingerprint density at radius 2 is 1.06 bits per heavy atom. The van der Waals surface area contributed by atoms with E-state index in [9.17, 15) is 4.79 Å². The van der Waals surface area contributed by atoms with E-state index >= 15 is 0 Å². The number of ether oxygens (including phenoxy) is 6. The normalized spacial score (nSPS) is 11.1. The van der Waals surface area contributed by atoms with Gasteiger partial charge in [0.05, 0.1) is 41.7 Å². The van der Waals surface area contributed by atoms with Crippen LogP contribution >= 0.6 is 0 Å². The number of anilines is 3. The van der Waals surface area contributed by atoms with Crippen LogP contribution in [0.5, 0.6) is 28.7 Å². The first-order chi connectivity index (χ1) is 26.5. The van der Waals surface area contributed by atoms with Gasteiger partial charge in [-0.3, -0.25) is 4.79 Å². The van der Waals surface area contributed by atoms with Crippen LogP contribution in [-0.2, 0) is 9.53 Å². The van der Waals surface area contributed by atoms with Crippen molar-refractivity contribution in [3.8, 4) is 28.7 Å². The molecule has 54 heavy (non-hydrogen) atoms. The first-order valence-electron chi connectivity index (χ1n) is 18.1. The molecule has 0 amide bonds. The van der Waals surface area contributed by atoms with Crippen molar-refractivity contribution in [1.29, 1.82) is 0 Å². The summed E-state index contributed by atoms with van der Waals surface area (Å²) >= 11 is 0. The summed E-state index contributed by atoms with van der Waals surface area (Å²) in [6.45, 7) is 2.68. The first kappa shape index (κ1) is 39.1. The van der Waals surface area contributed by atoms with Gasteiger partial charge in [-0.2, -0.15) is 0 Å². The molecule has 0 N–H and O–H groups in total. The molecule has 280 valence electrons. The molecule has 0 heterocycles. The predicted octanol–water partition coefficient (Wildman–Crippen LogP) is 11.0. The van der Waals surface area contributed by atoms with Crippen molar-refractivity contribution in [2.75, 3.05) is 46.6 Å². The summed E-state index contributed by atoms with van der Waals surface area (Å²) in [5, 5.41) is 0. The third-order valence-corrected chi connectivity index (χ3v) is 8.73. The summed E-state index contributed by atoms with van der Waals surface area (Å²) in [7, 11) is 6.53. The van der Waals surface area contributed by atoms with Gasteiger partial charge in [0.25, 0.3) is 0 Å². The Balaban J connectivity index is 1.30. The average Bonchev–Trinajstić information content (AvgIpc) is 3.21. The molecule has 0 fully saturated rings. The zero-order chi connectivity index (χ0) is 38.1. The predicted molar refractivity (Wildman–Crippen MR) is 219 cm³/mol. The number of hydrogen-bond donors (Lipinski definition) is 0. The van der Waals surface area contributed by atoms with Crippen LogP contribution in [0.1, 0.15) is 54.9 Å². The molecule has 0 radical (unpaired) electrons. The van der Waals surface area contributed by atoms with E-state index < -0.39 is 0 Å². The zero-order valence-electron chi connectivity index (χ0n) is 31.7. The lowest BCUT2D eigenvalue weighted by molar-refractivity contribution is -0.143. The quantitative estimate of drug-likeness (QED) is 0.0473. The summed E-state index contributed by atoms with van der Waals surface area (Å²) in [6.07, 6.45) is 10.8. The molecular formula is C46H49NO7. The highest BCUT2D eigenvalue weighted by atomic mass is 16.5. The molecule has 0 bridgehead atoms. The Morgan fingerprint density at radius 1 is 0.556 bits per heavy atom. The van der Waals surface area contributed by atoms with Gasteiger partial charge in [-0.15, -0.1) is 0 Å². The molecule has 0 spiro atoms. The van der Waals surface area contributed by atoms with Crippen LogP contribution in [0.4, 0.5) is 17.1 Å². The second-order valence-electron chi connectivity index (χ2n) is 12.3. The van der Waals surface area contributed by atoms with Gasteiger partial charge in [-0.05, 0) is 98.0 Å². The van der Waals surface area contributed by atoms with Gasteiger partial charge >= 0.3 is 5.97 Å². The van der Waals surface area contributed by atoms with Gasteiger partial charge in [0.15, 0.2) is 11.5 Å². The lowest BCUT2D eigenvalue weighted by Crippen LogP contribution is -2.09. The van der Waals surface area contributed by atoms with E-state index in [-0.39, 0.29) is 5.97 Å². The van der Waals surface area contributed by atoms with E-state index in [1.54, 1.807) is 28.4 Å². The SMILES string of the molecule is CCOC(=O)CCCCCOc1c(OC)cc(/C=C/c2cc(OC)c(/C=C/c3ccc(N(c4ccccc4)c4ccccc4)cc3)cc2OC)cc1OC. The van der Waals surface area contributed by atoms with Crippen molar-refractivity contribution < 1.29 is 33.2 Å². The van der Waals surface area contributed by atoms with Crippen LogP contribution in [0.25, 0.3) is 24.3 Å². The maximum absolute atomic E-state index is 11.6. The molecule has 0 aromatic heterocycles. The molecule has 8 heteroatoms. The molecule has 0 aliphatic carbocycles. The lowest BCUT2D eigenvalue weighted by atomic mass is 10.0. The summed E-state index contributed by atoms with van der Waals surface area (Å²) in [5.74, 6) is 2.91. The number of esters is 1. The van der Waals surface area contributed by atoms with Crippen molar-refractivity contribution in [3.05, 3.63) is 131 Å². The highest BCUT2D eigenvalue weighted by Crippen LogP contribution is 2.40. The smallest absolute Gasteiger partial charge is 0.305 e. The molecular weight excluding hydrogens is 679 g/mol. The molecule has 0 saturated carbocycles. The monoisotopic (exact) mass is 727 g/mol. The largest absolute Gasteiger partial charge is 0.496 e. The van der Waals surface area contributed by atoms with Crippen molar-refractivity contribution in [1.82, 2.24) is 0 Å². The molecule has 0 aliphatic rings. The van der Waals surface area contributed by atoms with Gasteiger partial charge in [-0.25, -0.2) is 0 Å². The molecule has 0 aliphatic heterocycles. The average molecular weight is 728 g/mol. The number of benzene rings is 5. The summed E-state index contributed by atoms with van der Waals surface area (Å²) in [5.41, 5.74) is 6.89. The third-order valence-electron chi connectivity index (χ3n) is 8.73. The Kier molecular flexibility index (Phi) is 14.6. The van der Waals surface area contributed by atoms with E-state index in [2.05, 4.69) is 83.8 Å². The summed E-state index contributed by atoms with van der Waals surface area (Å²) in [6, 6.07) is 36.9. The number of nitrogens with zero attached hydrogens (tertiary/aromatic N) is 1. The third kappa shape index (κ3) is 10.5. The van der Waals surface area contributed by atoms with Gasteiger partial charge < -0.3 is 33.3 Å². The van der Waals surface area contributed by atoms with E-state index in [4.69, 9.17) is 28.4 Å². The van der Waals surface area contributed by atoms with Crippen LogP contribution in [0, 0.1) is 0 Å². The topological polar surface area (TPSA) is 75.7 Å². The van der Waals surface area contributed by atoms with E-state index in [1.807, 2.05) is 61.5 Å². The number of unbranched alkanes of at least 4 members (excludes halogenated alkanes) is 2. The summed E-state index contributed by atoms with van der Waals surface area (Å²) < 4.78 is 34.1. The maximum Gasteiger partial charge on any atom is 0.305 e. The fourth-order valence-electron chi connectivity index (χ4n) is 6.01. The van der Waals surface area contributed by atoms with Crippen LogP contribution in [0.15, 0.2) is 109 Å². The highest BCUT2D eigenvalue weighted by molar-refractivity contribution is 5.81. The van der Waals surface area contributed by atoms with Gasteiger partial charge in [0.1, 0.15) is 11.5 Å². The molecule has 5 rings (SSSR count). The Morgan fingerprint density at radius 3 is 1.56 bits per heavy atom. The van der Waals surface area contributed by atoms with Crippen molar-refractivity contribution in [2.45, 2.75) is 32.6 Å². The standard InChI is InChI=1S/C46H49NO7/c1-6-53-45(48)20-14-9-15-29-54-46-43(51-4)30-35(31-44(46)52-5)22-26-37-33-41(49-2)36(32-42(37)50-3)25-21-34-23-27-40(28-24-34)47(38-16-10-7-11-17-38)39-18-12-8-13-19-39/h7-8,10-13,16-19,21-28,30-33H,6,9,14-15,20,29H2,1-5H3/b25-21+,26-22+. The van der Waals surface area contributed by atoms with Crippen LogP contribution in [-0.4, -0.2) is 47.6 Å². The Bertz CT molecular complexity index is 1930. The minimum Gasteiger partial charge on any atom is -0.496 e. The molecule has 5 aromatic carbocycles. The molecule has 5 aromatic rings. The second kappa shape index (κ2) is 20.2. The van der Waals surface area contributed by atoms with E-state index in [1.165, 1.54) is 0 Å². The minimum atomic E-state index is -0.165. The van der Waals surface area contributed by atoms with Crippen LogP contribution < -0.4 is 28.6 Å². The fourth-order valence-corrected chi connectivity index (χ4v) is 6.01. The highest BCUT2D eigenvalue weighted by Gasteiger charge is 2.15. The van der Waals surface area contributed by atoms with E-state index in [0.717, 1.165) is 58.6 Å². The first-order valence-corrected chi connectivity index (χ1v) is 18.1. The molecule has 8 nitrogen and oxygen atoms in total. The zero-order valence-corrected chi connectivity index (χ0v) is 31.7. The minimum absolute atomic E-state index is 0.165. The number of carbonyl (C=O) groups is 1. The molecule has 0 unspecified atom stereocenters. The van der Waals surface area contributed by atoms with Gasteiger partial charge in [0, 0.05) is 34.6 Å². The maximum atomic E-state index is 11.6. The lowest BCUT2D eigenvalue weighted by Gasteiger charge is -2.25. The number of hydrogen-bond acceptors (Lipinski definition) is 8. The second-order valence-corrected chi connectivity index (χ2v) is 12.3. The van der Waals surface area contributed by atoms with Crippen molar-refractivity contribution >= 4 is 47.3 Å². The van der Waals surface area contributed by atoms with Gasteiger partial charge in [0.2, 0.25) is 5.75 Å². The van der Waals surface area contributed by atoms with Crippen LogP contribution in [0.2, 0.25) is 0 Å². The number of para-hydroxylation sites is 2. The Labute approximate surface area is 319 Å². The number of rotatable bonds is 19. The number of carbonyl (C=O) groups excluding carboxylic acids is 1. The molecule has 0 saturated heterocycles. The van der Waals surface area contributed by atoms with Crippen LogP contribution in [0.3, 0.4) is 0 Å². The number of methoxy groups -OCH3 is 4. The molecule has 0 atom stereocenters.